The number of hydrogen-bond acceptors (Lipinski definition) is 5. The Morgan fingerprint density at radius 1 is 1.06 bits per heavy atom. The number of morpholine rings is 1. The predicted octanol–water partition coefficient (Wildman–Crippen LogP) is 4.13. The molecule has 0 saturated carbocycles. The van der Waals surface area contributed by atoms with Crippen molar-refractivity contribution in [2.24, 2.45) is 0 Å². The highest BCUT2D eigenvalue weighted by Crippen LogP contribution is 2.42. The van der Waals surface area contributed by atoms with Crippen molar-refractivity contribution < 1.29 is 14.3 Å². The van der Waals surface area contributed by atoms with E-state index in [2.05, 4.69) is 34.2 Å². The SMILES string of the molecule is CCCCOc1ccc(C2c3c(-c4ccccc4)n[nH]c3C(=O)N2CCN2CCOCC2)cc1. The highest BCUT2D eigenvalue weighted by Gasteiger charge is 2.42. The smallest absolute Gasteiger partial charge is 0.273 e. The molecular weight excluding hydrogens is 428 g/mol. The third-order valence-corrected chi connectivity index (χ3v) is 6.63. The highest BCUT2D eigenvalue weighted by atomic mass is 16.5. The number of fused-ring (bicyclic) bond motifs is 1. The lowest BCUT2D eigenvalue weighted by atomic mass is 9.96. The minimum Gasteiger partial charge on any atom is -0.494 e. The van der Waals surface area contributed by atoms with Gasteiger partial charge in [0.25, 0.3) is 5.91 Å². The minimum absolute atomic E-state index is 0.00575. The summed E-state index contributed by atoms with van der Waals surface area (Å²) < 4.78 is 11.4. The molecule has 1 unspecified atom stereocenters. The molecule has 1 aromatic heterocycles. The summed E-state index contributed by atoms with van der Waals surface area (Å²) in [7, 11) is 0. The Morgan fingerprint density at radius 3 is 2.56 bits per heavy atom. The van der Waals surface area contributed by atoms with Gasteiger partial charge in [-0.2, -0.15) is 5.10 Å². The molecule has 1 atom stereocenters. The van der Waals surface area contributed by atoms with E-state index in [9.17, 15) is 4.79 Å². The molecule has 1 fully saturated rings. The first-order chi connectivity index (χ1) is 16.8. The van der Waals surface area contributed by atoms with E-state index in [1.807, 2.05) is 47.4 Å². The topological polar surface area (TPSA) is 70.7 Å². The van der Waals surface area contributed by atoms with E-state index in [0.29, 0.717) is 18.8 Å². The number of benzene rings is 2. The number of carbonyl (C=O) groups excluding carboxylic acids is 1. The molecule has 0 spiro atoms. The van der Waals surface area contributed by atoms with Crippen LogP contribution in [0.2, 0.25) is 0 Å². The van der Waals surface area contributed by atoms with E-state index in [4.69, 9.17) is 9.47 Å². The van der Waals surface area contributed by atoms with Crippen molar-refractivity contribution in [2.75, 3.05) is 46.0 Å². The maximum absolute atomic E-state index is 13.5. The summed E-state index contributed by atoms with van der Waals surface area (Å²) in [5.74, 6) is 0.864. The number of unbranched alkanes of at least 4 members (excludes halogenated alkanes) is 1. The lowest BCUT2D eigenvalue weighted by Crippen LogP contribution is -2.42. The number of nitrogens with zero attached hydrogens (tertiary/aromatic N) is 3. The number of carbonyl (C=O) groups is 1. The van der Waals surface area contributed by atoms with Crippen LogP contribution in [-0.4, -0.2) is 71.9 Å². The Hall–Kier alpha value is -3.16. The van der Waals surface area contributed by atoms with Gasteiger partial charge < -0.3 is 14.4 Å². The van der Waals surface area contributed by atoms with Crippen molar-refractivity contribution in [1.29, 1.82) is 0 Å². The maximum atomic E-state index is 13.5. The van der Waals surface area contributed by atoms with Crippen LogP contribution in [0, 0.1) is 0 Å². The molecule has 1 saturated heterocycles. The average Bonchev–Trinajstić information content (AvgIpc) is 3.43. The molecule has 0 aliphatic carbocycles. The molecule has 3 aromatic rings. The monoisotopic (exact) mass is 460 g/mol. The normalized spacial score (nSPS) is 18.3. The highest BCUT2D eigenvalue weighted by molar-refractivity contribution is 6.00. The largest absolute Gasteiger partial charge is 0.494 e. The molecule has 0 bridgehead atoms. The third kappa shape index (κ3) is 4.58. The van der Waals surface area contributed by atoms with Gasteiger partial charge in [0.15, 0.2) is 0 Å². The van der Waals surface area contributed by atoms with Gasteiger partial charge in [-0.1, -0.05) is 55.8 Å². The molecule has 5 rings (SSSR count). The van der Waals surface area contributed by atoms with Crippen LogP contribution >= 0.6 is 0 Å². The van der Waals surface area contributed by atoms with Crippen LogP contribution in [0.5, 0.6) is 5.75 Å². The molecule has 1 N–H and O–H groups in total. The van der Waals surface area contributed by atoms with E-state index < -0.39 is 0 Å². The Balaban J connectivity index is 1.46. The van der Waals surface area contributed by atoms with Crippen molar-refractivity contribution >= 4 is 5.91 Å². The number of amides is 1. The number of H-pyrrole nitrogens is 1. The van der Waals surface area contributed by atoms with Crippen molar-refractivity contribution in [1.82, 2.24) is 20.0 Å². The fourth-order valence-corrected chi connectivity index (χ4v) is 4.74. The standard InChI is InChI=1S/C27H32N4O3/c1-2-3-17-34-22-11-9-21(10-12-22)26-23-24(20-7-5-4-6-8-20)28-29-25(23)27(32)31(26)14-13-30-15-18-33-19-16-30/h4-12,26H,2-3,13-19H2,1H3,(H,28,29). The molecule has 0 radical (unpaired) electrons. The molecular formula is C27H32N4O3. The van der Waals surface area contributed by atoms with Gasteiger partial charge in [0.05, 0.1) is 31.6 Å². The zero-order valence-corrected chi connectivity index (χ0v) is 19.7. The van der Waals surface area contributed by atoms with Crippen LogP contribution in [0.25, 0.3) is 11.3 Å². The zero-order valence-electron chi connectivity index (χ0n) is 19.7. The average molecular weight is 461 g/mol. The van der Waals surface area contributed by atoms with Gasteiger partial charge in [-0.25, -0.2) is 0 Å². The summed E-state index contributed by atoms with van der Waals surface area (Å²) in [5, 5.41) is 7.61. The summed E-state index contributed by atoms with van der Waals surface area (Å²) in [6.07, 6.45) is 2.14. The van der Waals surface area contributed by atoms with Gasteiger partial charge in [0.2, 0.25) is 0 Å². The summed E-state index contributed by atoms with van der Waals surface area (Å²) in [4.78, 5) is 17.9. The van der Waals surface area contributed by atoms with E-state index in [-0.39, 0.29) is 11.9 Å². The van der Waals surface area contributed by atoms with E-state index >= 15 is 0 Å². The summed E-state index contributed by atoms with van der Waals surface area (Å²) in [5.41, 5.74) is 4.46. The Morgan fingerprint density at radius 2 is 1.82 bits per heavy atom. The Labute approximate surface area is 200 Å². The van der Waals surface area contributed by atoms with Crippen LogP contribution in [0.3, 0.4) is 0 Å². The summed E-state index contributed by atoms with van der Waals surface area (Å²) in [6.45, 7) is 7.64. The number of hydrogen-bond donors (Lipinski definition) is 1. The molecule has 2 aliphatic heterocycles. The van der Waals surface area contributed by atoms with Gasteiger partial charge in [-0.05, 0) is 24.1 Å². The van der Waals surface area contributed by atoms with Crippen molar-refractivity contribution in [3.05, 3.63) is 71.4 Å². The number of aromatic amines is 1. The van der Waals surface area contributed by atoms with Gasteiger partial charge in [0, 0.05) is 37.3 Å². The van der Waals surface area contributed by atoms with Gasteiger partial charge in [-0.15, -0.1) is 0 Å². The molecule has 3 heterocycles. The quantitative estimate of drug-likeness (QED) is 0.486. The summed E-state index contributed by atoms with van der Waals surface area (Å²) in [6, 6.07) is 18.1. The molecule has 178 valence electrons. The van der Waals surface area contributed by atoms with Crippen molar-refractivity contribution in [2.45, 2.75) is 25.8 Å². The van der Waals surface area contributed by atoms with Crippen LogP contribution in [0.4, 0.5) is 0 Å². The number of rotatable bonds is 9. The predicted molar refractivity (Wildman–Crippen MR) is 131 cm³/mol. The van der Waals surface area contributed by atoms with Crippen molar-refractivity contribution in [3.8, 4) is 17.0 Å². The number of ether oxygens (including phenoxy) is 2. The second-order valence-electron chi connectivity index (χ2n) is 8.85. The lowest BCUT2D eigenvalue weighted by molar-refractivity contribution is 0.0316. The third-order valence-electron chi connectivity index (χ3n) is 6.63. The first-order valence-corrected chi connectivity index (χ1v) is 12.2. The Bertz CT molecular complexity index is 1090. The fraction of sp³-hybridized carbons (Fsp3) is 0.407. The zero-order chi connectivity index (χ0) is 23.3. The molecule has 2 aliphatic rings. The fourth-order valence-electron chi connectivity index (χ4n) is 4.74. The molecule has 2 aromatic carbocycles. The summed E-state index contributed by atoms with van der Waals surface area (Å²) >= 11 is 0. The maximum Gasteiger partial charge on any atom is 0.273 e. The minimum atomic E-state index is -0.192. The number of aromatic nitrogens is 2. The molecule has 34 heavy (non-hydrogen) atoms. The second-order valence-corrected chi connectivity index (χ2v) is 8.85. The van der Waals surface area contributed by atoms with Crippen LogP contribution in [0.15, 0.2) is 54.6 Å². The van der Waals surface area contributed by atoms with E-state index in [1.54, 1.807) is 0 Å². The second kappa shape index (κ2) is 10.4. The van der Waals surface area contributed by atoms with Crippen LogP contribution in [0.1, 0.15) is 47.4 Å². The molecule has 7 heteroatoms. The van der Waals surface area contributed by atoms with Gasteiger partial charge in [0.1, 0.15) is 11.4 Å². The number of nitrogens with one attached hydrogen (secondary N) is 1. The van der Waals surface area contributed by atoms with E-state index in [1.165, 1.54) is 0 Å². The Kier molecular flexibility index (Phi) is 6.92. The van der Waals surface area contributed by atoms with Gasteiger partial charge in [-0.3, -0.25) is 14.8 Å². The lowest BCUT2D eigenvalue weighted by Gasteiger charge is -2.31. The van der Waals surface area contributed by atoms with Crippen LogP contribution in [-0.2, 0) is 4.74 Å². The first-order valence-electron chi connectivity index (χ1n) is 12.2. The van der Waals surface area contributed by atoms with E-state index in [0.717, 1.165) is 73.8 Å². The molecule has 1 amide bonds. The van der Waals surface area contributed by atoms with Crippen molar-refractivity contribution in [3.63, 3.8) is 0 Å². The van der Waals surface area contributed by atoms with Crippen LogP contribution < -0.4 is 4.74 Å². The van der Waals surface area contributed by atoms with Gasteiger partial charge >= 0.3 is 0 Å². The molecule has 7 nitrogen and oxygen atoms in total. The first kappa shape index (κ1) is 22.6.